The number of rotatable bonds is 10. The fraction of sp³-hybridized carbons (Fsp3) is 0.0727. The Bertz CT molecular complexity index is 3210. The SMILES string of the molecule is C=C1C(=CNc2ccc(S(N)(=O)=O)cc2)C(=O)c2ccccc21.CC(=O)Nc1ccc(N=Cc2cccc3ccccc23)cc1.CC1=CC=C(C=Nc2ccc(N=Cc3ccc(C)s3)cc2)C1. The van der Waals surface area contributed by atoms with E-state index in [1.54, 1.807) is 35.7 Å². The van der Waals surface area contributed by atoms with Gasteiger partial charge in [0.25, 0.3) is 0 Å². The Morgan fingerprint density at radius 3 is 1.90 bits per heavy atom. The van der Waals surface area contributed by atoms with Gasteiger partial charge >= 0.3 is 0 Å². The van der Waals surface area contributed by atoms with Gasteiger partial charge in [-0.15, -0.1) is 11.3 Å². The zero-order valence-corrected chi connectivity index (χ0v) is 38.8. The van der Waals surface area contributed by atoms with Crippen LogP contribution < -0.4 is 15.8 Å². The first kappa shape index (κ1) is 47.1. The van der Waals surface area contributed by atoms with Gasteiger partial charge in [-0.1, -0.05) is 91.0 Å². The van der Waals surface area contributed by atoms with Crippen LogP contribution in [0.3, 0.4) is 0 Å². The van der Waals surface area contributed by atoms with Crippen LogP contribution in [0, 0.1) is 6.92 Å². The Morgan fingerprint density at radius 1 is 0.687 bits per heavy atom. The number of carbonyl (C=O) groups is 2. The third-order valence-electron chi connectivity index (χ3n) is 10.4. The lowest BCUT2D eigenvalue weighted by Gasteiger charge is -2.04. The predicted octanol–water partition coefficient (Wildman–Crippen LogP) is 12.9. The number of Topliss-reactive ketones (excluding diaryl/α,β-unsaturated/α-hetero) is 1. The van der Waals surface area contributed by atoms with Crippen LogP contribution in [-0.4, -0.2) is 38.8 Å². The van der Waals surface area contributed by atoms with Crippen molar-refractivity contribution in [2.75, 3.05) is 10.6 Å². The third kappa shape index (κ3) is 13.1. The molecule has 334 valence electrons. The number of nitrogens with two attached hydrogens (primary N) is 1. The predicted molar refractivity (Wildman–Crippen MR) is 279 cm³/mol. The molecule has 67 heavy (non-hydrogen) atoms. The molecular formula is C55H48N6O4S2. The van der Waals surface area contributed by atoms with E-state index in [0.29, 0.717) is 22.4 Å². The molecular weight excluding hydrogens is 873 g/mol. The molecule has 2 aliphatic carbocycles. The summed E-state index contributed by atoms with van der Waals surface area (Å²) in [5, 5.41) is 13.2. The molecule has 0 fully saturated rings. The molecule has 0 aliphatic heterocycles. The summed E-state index contributed by atoms with van der Waals surface area (Å²) in [6.45, 7) is 9.69. The minimum atomic E-state index is -3.72. The van der Waals surface area contributed by atoms with Gasteiger partial charge in [0.05, 0.1) is 22.0 Å². The van der Waals surface area contributed by atoms with Gasteiger partial charge in [-0.2, -0.15) is 0 Å². The van der Waals surface area contributed by atoms with Gasteiger partial charge < -0.3 is 10.6 Å². The molecule has 2 aliphatic rings. The van der Waals surface area contributed by atoms with E-state index in [1.165, 1.54) is 50.7 Å². The number of hydrogen-bond acceptors (Lipinski definition) is 9. The minimum Gasteiger partial charge on any atom is -0.361 e. The Morgan fingerprint density at radius 2 is 1.28 bits per heavy atom. The summed E-state index contributed by atoms with van der Waals surface area (Å²) in [5.74, 6) is -0.161. The highest BCUT2D eigenvalue weighted by atomic mass is 32.2. The highest BCUT2D eigenvalue weighted by molar-refractivity contribution is 7.89. The first-order valence-corrected chi connectivity index (χ1v) is 23.6. The quantitative estimate of drug-likeness (QED) is 0.0920. The second-order valence-electron chi connectivity index (χ2n) is 15.6. The third-order valence-corrected chi connectivity index (χ3v) is 12.3. The molecule has 1 aromatic heterocycles. The van der Waals surface area contributed by atoms with E-state index < -0.39 is 10.0 Å². The van der Waals surface area contributed by atoms with Crippen molar-refractivity contribution in [2.45, 2.75) is 32.1 Å². The molecule has 0 bridgehead atoms. The summed E-state index contributed by atoms with van der Waals surface area (Å²) >= 11 is 1.75. The summed E-state index contributed by atoms with van der Waals surface area (Å²) in [6.07, 6.45) is 12.6. The fourth-order valence-electron chi connectivity index (χ4n) is 6.98. The van der Waals surface area contributed by atoms with E-state index in [-0.39, 0.29) is 16.6 Å². The lowest BCUT2D eigenvalue weighted by molar-refractivity contribution is -0.114. The molecule has 12 heteroatoms. The van der Waals surface area contributed by atoms with E-state index in [2.05, 4.69) is 94.6 Å². The molecule has 0 saturated heterocycles. The molecule has 0 saturated carbocycles. The first-order valence-electron chi connectivity index (χ1n) is 21.2. The van der Waals surface area contributed by atoms with E-state index in [4.69, 9.17) is 5.14 Å². The van der Waals surface area contributed by atoms with Crippen molar-refractivity contribution in [1.29, 1.82) is 0 Å². The van der Waals surface area contributed by atoms with Crippen molar-refractivity contribution in [3.63, 3.8) is 0 Å². The monoisotopic (exact) mass is 920 g/mol. The van der Waals surface area contributed by atoms with Gasteiger partial charge in [-0.05, 0) is 133 Å². The largest absolute Gasteiger partial charge is 0.361 e. The molecule has 4 N–H and O–H groups in total. The fourth-order valence-corrected chi connectivity index (χ4v) is 8.25. The van der Waals surface area contributed by atoms with Crippen molar-refractivity contribution in [3.8, 4) is 0 Å². The summed E-state index contributed by atoms with van der Waals surface area (Å²) < 4.78 is 22.4. The van der Waals surface area contributed by atoms with Crippen LogP contribution in [0.4, 0.5) is 28.4 Å². The van der Waals surface area contributed by atoms with E-state index in [1.807, 2.05) is 104 Å². The van der Waals surface area contributed by atoms with E-state index >= 15 is 0 Å². The molecule has 0 unspecified atom stereocenters. The molecule has 1 heterocycles. The van der Waals surface area contributed by atoms with Crippen LogP contribution in [-0.2, 0) is 14.8 Å². The van der Waals surface area contributed by atoms with Gasteiger partial charge in [-0.3, -0.25) is 24.6 Å². The second-order valence-corrected chi connectivity index (χ2v) is 18.5. The number of anilines is 2. The number of benzene rings is 6. The van der Waals surface area contributed by atoms with Gasteiger partial charge in [0.1, 0.15) is 0 Å². The summed E-state index contributed by atoms with van der Waals surface area (Å²) in [5.41, 5.74) is 10.5. The number of amides is 1. The first-order chi connectivity index (χ1) is 32.3. The number of carbonyl (C=O) groups excluding carboxylic acids is 2. The Labute approximate surface area is 395 Å². The minimum absolute atomic E-state index is 0.0319. The standard InChI is InChI=1S/C19H16N2O.C19H18N2S.C17H14N2O3S/c1-14(22)21-18-11-9-17(10-12-18)20-13-16-7-4-6-15-5-2-3-8-19(15)16;1-14-3-5-16(11-14)12-20-17-6-8-18(9-7-17)21-13-19-10-4-15(2)22-19;1-11-14-4-2-3-5-15(14)17(20)16(11)10-19-12-6-8-13(9-7-12)23(18,21)22/h2-13H,1H3,(H,21,22);3-10,12-13H,11H2,1-2H3;2-10,19H,1H2,(H2,18,21,22). The smallest absolute Gasteiger partial charge is 0.238 e. The number of hydrogen-bond donors (Lipinski definition) is 3. The Balaban J connectivity index is 0.000000149. The van der Waals surface area contributed by atoms with Crippen molar-refractivity contribution in [3.05, 3.63) is 220 Å². The number of nitrogens with zero attached hydrogens (tertiary/aromatic N) is 3. The lowest BCUT2D eigenvalue weighted by Crippen LogP contribution is -2.11. The highest BCUT2D eigenvalue weighted by Crippen LogP contribution is 2.35. The number of aryl methyl sites for hydroxylation is 1. The maximum absolute atomic E-state index is 12.3. The van der Waals surface area contributed by atoms with Crippen LogP contribution in [0.2, 0.25) is 0 Å². The van der Waals surface area contributed by atoms with Gasteiger partial charge in [-0.25, -0.2) is 13.6 Å². The normalized spacial score (nSPS) is 13.9. The van der Waals surface area contributed by atoms with E-state index in [9.17, 15) is 18.0 Å². The van der Waals surface area contributed by atoms with Crippen LogP contribution in [0.1, 0.15) is 51.5 Å². The molecule has 10 nitrogen and oxygen atoms in total. The molecule has 0 spiro atoms. The molecule has 9 rings (SSSR count). The summed E-state index contributed by atoms with van der Waals surface area (Å²) in [4.78, 5) is 39.4. The average Bonchev–Trinajstić information content (AvgIpc) is 4.02. The number of thiophene rings is 1. The Hall–Kier alpha value is -7.90. The number of allylic oxidation sites excluding steroid dienone is 6. The maximum atomic E-state index is 12.3. The van der Waals surface area contributed by atoms with Crippen molar-refractivity contribution < 1.29 is 18.0 Å². The number of aliphatic imine (C=N–C) groups is 3. The van der Waals surface area contributed by atoms with Gasteiger partial charge in [0, 0.05) is 69.6 Å². The number of nitrogens with one attached hydrogen (secondary N) is 2. The van der Waals surface area contributed by atoms with Crippen LogP contribution in [0.5, 0.6) is 0 Å². The van der Waals surface area contributed by atoms with E-state index in [0.717, 1.165) is 40.3 Å². The van der Waals surface area contributed by atoms with Crippen molar-refractivity contribution in [1.82, 2.24) is 0 Å². The zero-order chi connectivity index (χ0) is 47.3. The number of primary sulfonamides is 1. The number of sulfonamides is 1. The van der Waals surface area contributed by atoms with Crippen LogP contribution in [0.25, 0.3) is 16.3 Å². The van der Waals surface area contributed by atoms with Gasteiger partial charge in [0.15, 0.2) is 5.78 Å². The average molecular weight is 921 g/mol. The maximum Gasteiger partial charge on any atom is 0.238 e. The molecule has 0 atom stereocenters. The topological polar surface area (TPSA) is 155 Å². The molecule has 0 radical (unpaired) electrons. The number of ketones is 1. The molecule has 1 amide bonds. The lowest BCUT2D eigenvalue weighted by atomic mass is 10.1. The Kier molecular flexibility index (Phi) is 15.4. The van der Waals surface area contributed by atoms with Crippen molar-refractivity contribution >= 4 is 96.5 Å². The summed E-state index contributed by atoms with van der Waals surface area (Å²) in [6, 6.07) is 47.3. The highest BCUT2D eigenvalue weighted by Gasteiger charge is 2.27. The van der Waals surface area contributed by atoms with Crippen LogP contribution >= 0.6 is 11.3 Å². The molecule has 7 aromatic rings. The summed E-state index contributed by atoms with van der Waals surface area (Å²) in [7, 11) is -3.72. The second kappa shape index (κ2) is 21.9. The van der Waals surface area contributed by atoms with Crippen LogP contribution in [0.15, 0.2) is 213 Å². The van der Waals surface area contributed by atoms with Crippen molar-refractivity contribution in [2.24, 2.45) is 20.1 Å². The van der Waals surface area contributed by atoms with Gasteiger partial charge in [0.2, 0.25) is 15.9 Å². The zero-order valence-electron chi connectivity index (χ0n) is 37.2. The molecule has 6 aromatic carbocycles. The number of fused-ring (bicyclic) bond motifs is 2.